The number of benzene rings is 1. The molecule has 0 spiro atoms. The van der Waals surface area contributed by atoms with Gasteiger partial charge in [-0.25, -0.2) is 0 Å². The second-order valence-electron chi connectivity index (χ2n) is 6.00. The van der Waals surface area contributed by atoms with Gasteiger partial charge in [-0.3, -0.25) is 14.4 Å². The predicted molar refractivity (Wildman–Crippen MR) is 82.7 cm³/mol. The van der Waals surface area contributed by atoms with Crippen LogP contribution < -0.4 is 10.6 Å². The summed E-state index contributed by atoms with van der Waals surface area (Å²) >= 11 is 0. The second kappa shape index (κ2) is 7.59. The maximum absolute atomic E-state index is 11.9. The van der Waals surface area contributed by atoms with Crippen LogP contribution >= 0.6 is 0 Å². The second-order valence-corrected chi connectivity index (χ2v) is 6.00. The fourth-order valence-corrected chi connectivity index (χ4v) is 1.78. The Morgan fingerprint density at radius 3 is 2.14 bits per heavy atom. The molecule has 1 aromatic rings. The summed E-state index contributed by atoms with van der Waals surface area (Å²) in [6.45, 7) is 6.03. The van der Waals surface area contributed by atoms with E-state index < -0.39 is 18.4 Å². The van der Waals surface area contributed by atoms with E-state index in [0.29, 0.717) is 5.56 Å². The fourth-order valence-electron chi connectivity index (χ4n) is 1.78. The zero-order valence-corrected chi connectivity index (χ0v) is 13.1. The zero-order valence-electron chi connectivity index (χ0n) is 13.1. The van der Waals surface area contributed by atoms with Crippen molar-refractivity contribution in [3.05, 3.63) is 35.4 Å². The molecule has 1 rings (SSSR count). The van der Waals surface area contributed by atoms with E-state index in [4.69, 9.17) is 5.11 Å². The third-order valence-electron chi connectivity index (χ3n) is 3.09. The van der Waals surface area contributed by atoms with Gasteiger partial charge in [-0.15, -0.1) is 0 Å². The Labute approximate surface area is 129 Å². The smallest absolute Gasteiger partial charge is 0.322 e. The van der Waals surface area contributed by atoms with Crippen molar-refractivity contribution in [2.45, 2.75) is 32.6 Å². The van der Waals surface area contributed by atoms with Gasteiger partial charge < -0.3 is 15.7 Å². The number of nitrogens with one attached hydrogen (secondary N) is 2. The molecular weight excluding hydrogens is 284 g/mol. The molecule has 0 saturated heterocycles. The average molecular weight is 306 g/mol. The number of carbonyl (C=O) groups is 3. The van der Waals surface area contributed by atoms with Gasteiger partial charge in [0.1, 0.15) is 6.54 Å². The molecule has 0 heterocycles. The van der Waals surface area contributed by atoms with E-state index in [0.717, 1.165) is 5.56 Å². The molecule has 0 bridgehead atoms. The highest BCUT2D eigenvalue weighted by Crippen LogP contribution is 2.22. The number of hydrogen-bond donors (Lipinski definition) is 3. The number of carboxylic acids is 1. The Hall–Kier alpha value is -2.37. The van der Waals surface area contributed by atoms with E-state index in [1.165, 1.54) is 0 Å². The van der Waals surface area contributed by atoms with Crippen molar-refractivity contribution < 1.29 is 19.5 Å². The zero-order chi connectivity index (χ0) is 16.8. The molecular formula is C16H22N2O4. The van der Waals surface area contributed by atoms with Crippen LogP contribution in [0.25, 0.3) is 0 Å². The fraction of sp³-hybridized carbons (Fsp3) is 0.438. The van der Waals surface area contributed by atoms with Crippen LogP contribution in [0.3, 0.4) is 0 Å². The number of carboxylic acid groups (broad SMARTS) is 1. The SMILES string of the molecule is CC(C)(C)c1ccc(C(=O)NCCC(=O)NCC(=O)O)cc1. The third-order valence-corrected chi connectivity index (χ3v) is 3.09. The molecule has 0 atom stereocenters. The molecule has 120 valence electrons. The van der Waals surface area contributed by atoms with Crippen molar-refractivity contribution >= 4 is 17.8 Å². The number of carbonyl (C=O) groups excluding carboxylic acids is 2. The van der Waals surface area contributed by atoms with Gasteiger partial charge in [-0.1, -0.05) is 32.9 Å². The van der Waals surface area contributed by atoms with Crippen LogP contribution in [-0.2, 0) is 15.0 Å². The van der Waals surface area contributed by atoms with Gasteiger partial charge >= 0.3 is 5.97 Å². The summed E-state index contributed by atoms with van der Waals surface area (Å²) in [6, 6.07) is 7.32. The topological polar surface area (TPSA) is 95.5 Å². The molecule has 0 aromatic heterocycles. The highest BCUT2D eigenvalue weighted by atomic mass is 16.4. The van der Waals surface area contributed by atoms with E-state index in [1.807, 2.05) is 12.1 Å². The quantitative estimate of drug-likeness (QED) is 0.738. The first-order valence-electron chi connectivity index (χ1n) is 7.07. The molecule has 0 unspecified atom stereocenters. The molecule has 1 aromatic carbocycles. The molecule has 3 N–H and O–H groups in total. The van der Waals surface area contributed by atoms with Crippen LogP contribution in [0.5, 0.6) is 0 Å². The lowest BCUT2D eigenvalue weighted by Gasteiger charge is -2.19. The molecule has 0 radical (unpaired) electrons. The Morgan fingerprint density at radius 2 is 1.64 bits per heavy atom. The van der Waals surface area contributed by atoms with Crippen molar-refractivity contribution in [1.82, 2.24) is 10.6 Å². The van der Waals surface area contributed by atoms with Gasteiger partial charge in [0.15, 0.2) is 0 Å². The average Bonchev–Trinajstić information content (AvgIpc) is 2.44. The molecule has 0 saturated carbocycles. The largest absolute Gasteiger partial charge is 0.480 e. The van der Waals surface area contributed by atoms with Gasteiger partial charge in [-0.2, -0.15) is 0 Å². The van der Waals surface area contributed by atoms with Crippen LogP contribution in [0.4, 0.5) is 0 Å². The maximum atomic E-state index is 11.9. The highest BCUT2D eigenvalue weighted by Gasteiger charge is 2.14. The Balaban J connectivity index is 2.43. The maximum Gasteiger partial charge on any atom is 0.322 e. The van der Waals surface area contributed by atoms with Crippen molar-refractivity contribution in [3.63, 3.8) is 0 Å². The summed E-state index contributed by atoms with van der Waals surface area (Å²) in [7, 11) is 0. The first-order valence-corrected chi connectivity index (χ1v) is 7.07. The molecule has 0 aliphatic carbocycles. The van der Waals surface area contributed by atoms with Crippen LogP contribution in [0.2, 0.25) is 0 Å². The monoisotopic (exact) mass is 306 g/mol. The third kappa shape index (κ3) is 5.95. The molecule has 6 heteroatoms. The standard InChI is InChI=1S/C16H22N2O4/c1-16(2,3)12-6-4-11(5-7-12)15(22)17-9-8-13(19)18-10-14(20)21/h4-7H,8-10H2,1-3H3,(H,17,22)(H,18,19)(H,20,21). The molecule has 2 amide bonds. The highest BCUT2D eigenvalue weighted by molar-refractivity contribution is 5.94. The van der Waals surface area contributed by atoms with E-state index in [1.54, 1.807) is 12.1 Å². The summed E-state index contributed by atoms with van der Waals surface area (Å²) in [4.78, 5) is 33.5. The molecule has 6 nitrogen and oxygen atoms in total. The van der Waals surface area contributed by atoms with E-state index in [9.17, 15) is 14.4 Å². The van der Waals surface area contributed by atoms with Crippen LogP contribution in [0, 0.1) is 0 Å². The van der Waals surface area contributed by atoms with Crippen LogP contribution in [0.15, 0.2) is 24.3 Å². The van der Waals surface area contributed by atoms with Crippen LogP contribution in [0.1, 0.15) is 43.1 Å². The Bertz CT molecular complexity index is 544. The molecule has 0 aliphatic rings. The van der Waals surface area contributed by atoms with E-state index in [-0.39, 0.29) is 24.3 Å². The minimum Gasteiger partial charge on any atom is -0.480 e. The Kier molecular flexibility index (Phi) is 6.10. The number of rotatable bonds is 6. The molecule has 22 heavy (non-hydrogen) atoms. The van der Waals surface area contributed by atoms with Crippen molar-refractivity contribution in [2.75, 3.05) is 13.1 Å². The van der Waals surface area contributed by atoms with Gasteiger partial charge in [-0.05, 0) is 23.1 Å². The van der Waals surface area contributed by atoms with Crippen molar-refractivity contribution in [3.8, 4) is 0 Å². The summed E-state index contributed by atoms with van der Waals surface area (Å²) in [6.07, 6.45) is 0.0408. The number of amides is 2. The molecule has 0 fully saturated rings. The normalized spacial score (nSPS) is 10.9. The summed E-state index contributed by atoms with van der Waals surface area (Å²) in [5, 5.41) is 13.3. The number of aliphatic carboxylic acids is 1. The summed E-state index contributed by atoms with van der Waals surface area (Å²) in [5.74, 6) is -1.77. The first-order chi connectivity index (χ1) is 10.2. The van der Waals surface area contributed by atoms with Gasteiger partial charge in [0.2, 0.25) is 5.91 Å². The lowest BCUT2D eigenvalue weighted by molar-refractivity contribution is -0.137. The predicted octanol–water partition coefficient (Wildman–Crippen LogP) is 1.30. The minimum absolute atomic E-state index is 0.0250. The van der Waals surface area contributed by atoms with Crippen molar-refractivity contribution in [2.24, 2.45) is 0 Å². The lowest BCUT2D eigenvalue weighted by Crippen LogP contribution is -2.33. The lowest BCUT2D eigenvalue weighted by atomic mass is 9.87. The molecule has 0 aliphatic heterocycles. The summed E-state index contributed by atoms with van der Waals surface area (Å²) in [5.41, 5.74) is 1.69. The number of hydrogen-bond acceptors (Lipinski definition) is 3. The van der Waals surface area contributed by atoms with E-state index in [2.05, 4.69) is 31.4 Å². The van der Waals surface area contributed by atoms with Gasteiger partial charge in [0.25, 0.3) is 5.91 Å². The first kappa shape index (κ1) is 17.7. The van der Waals surface area contributed by atoms with Gasteiger partial charge in [0, 0.05) is 18.5 Å². The minimum atomic E-state index is -1.10. The summed E-state index contributed by atoms with van der Waals surface area (Å²) < 4.78 is 0. The van der Waals surface area contributed by atoms with Crippen molar-refractivity contribution in [1.29, 1.82) is 0 Å². The van der Waals surface area contributed by atoms with Gasteiger partial charge in [0.05, 0.1) is 0 Å². The van der Waals surface area contributed by atoms with E-state index >= 15 is 0 Å². The Morgan fingerprint density at radius 1 is 1.05 bits per heavy atom. The van der Waals surface area contributed by atoms with Crippen LogP contribution in [-0.4, -0.2) is 36.0 Å².